The molecule has 0 saturated heterocycles. The number of aryl methyl sites for hydroxylation is 2. The van der Waals surface area contributed by atoms with E-state index in [0.717, 1.165) is 0 Å². The van der Waals surface area contributed by atoms with Crippen molar-refractivity contribution in [2.75, 3.05) is 11.9 Å². The summed E-state index contributed by atoms with van der Waals surface area (Å²) >= 11 is 12.4. The van der Waals surface area contributed by atoms with E-state index in [4.69, 9.17) is 38.3 Å². The van der Waals surface area contributed by atoms with E-state index in [1.165, 1.54) is 19.2 Å². The number of oxime groups is 1. The highest BCUT2D eigenvalue weighted by molar-refractivity contribution is 6.37. The zero-order chi connectivity index (χ0) is 19.6. The number of aromatic nitrogens is 2. The topological polar surface area (TPSA) is 100 Å². The number of halogens is 2. The summed E-state index contributed by atoms with van der Waals surface area (Å²) in [6, 6.07) is 3.02. The van der Waals surface area contributed by atoms with E-state index in [1.807, 2.05) is 0 Å². The van der Waals surface area contributed by atoms with Crippen molar-refractivity contribution in [3.8, 4) is 5.75 Å². The fraction of sp³-hybridized carbons (Fsp3) is 0.312. The summed E-state index contributed by atoms with van der Waals surface area (Å²) in [6.45, 7) is 3.18. The molecular formula is C16H18Cl2N4O4. The number of nitrogens with zero attached hydrogens (tertiary/aromatic N) is 4. The van der Waals surface area contributed by atoms with Crippen LogP contribution in [-0.4, -0.2) is 45.4 Å². The predicted octanol–water partition coefficient (Wildman–Crippen LogP) is 3.46. The number of hydrogen-bond donors (Lipinski definition) is 2. The predicted molar refractivity (Wildman–Crippen MR) is 99.6 cm³/mol. The number of carbonyl (C=O) groups is 1. The summed E-state index contributed by atoms with van der Waals surface area (Å²) in [5.74, 6) is -0.319. The fourth-order valence-electron chi connectivity index (χ4n) is 2.49. The fourth-order valence-corrected chi connectivity index (χ4v) is 3.04. The molecule has 8 nitrogen and oxygen atoms in total. The van der Waals surface area contributed by atoms with E-state index < -0.39 is 12.1 Å². The summed E-state index contributed by atoms with van der Waals surface area (Å²) < 4.78 is 7.00. The maximum atomic E-state index is 11.0. The molecule has 0 saturated carbocycles. The van der Waals surface area contributed by atoms with E-state index in [1.54, 1.807) is 36.7 Å². The molecule has 0 aliphatic carbocycles. The number of carboxylic acid groups (broad SMARTS) is 1. The Morgan fingerprint density at radius 1 is 1.42 bits per heavy atom. The molecule has 26 heavy (non-hydrogen) atoms. The first-order valence-corrected chi connectivity index (χ1v) is 8.26. The van der Waals surface area contributed by atoms with Crippen LogP contribution in [0.2, 0.25) is 10.0 Å². The third-order valence-corrected chi connectivity index (χ3v) is 4.35. The Kier molecular flexibility index (Phi) is 5.99. The van der Waals surface area contributed by atoms with Crippen molar-refractivity contribution < 1.29 is 19.8 Å². The van der Waals surface area contributed by atoms with Crippen molar-refractivity contribution in [2.24, 2.45) is 12.2 Å². The molecule has 140 valence electrons. The molecule has 10 heteroatoms. The van der Waals surface area contributed by atoms with Crippen LogP contribution >= 0.6 is 23.2 Å². The van der Waals surface area contributed by atoms with Crippen LogP contribution < -0.4 is 9.64 Å². The molecule has 0 aliphatic rings. The minimum Gasteiger partial charge on any atom is -0.479 e. The van der Waals surface area contributed by atoms with Gasteiger partial charge < -0.3 is 20.0 Å². The number of carboxylic acids is 1. The number of benzene rings is 1. The average molecular weight is 401 g/mol. The van der Waals surface area contributed by atoms with Gasteiger partial charge in [-0.15, -0.1) is 0 Å². The summed E-state index contributed by atoms with van der Waals surface area (Å²) in [6.07, 6.45) is 0.199. The van der Waals surface area contributed by atoms with Crippen molar-refractivity contribution in [1.29, 1.82) is 0 Å². The summed E-state index contributed by atoms with van der Waals surface area (Å²) in [5, 5.41) is 25.9. The molecule has 0 aliphatic heterocycles. The summed E-state index contributed by atoms with van der Waals surface area (Å²) in [4.78, 5) is 12.7. The molecular weight excluding hydrogens is 383 g/mol. The second-order valence-electron chi connectivity index (χ2n) is 5.58. The van der Waals surface area contributed by atoms with Gasteiger partial charge in [-0.05, 0) is 19.9 Å². The molecule has 1 aromatic heterocycles. The lowest BCUT2D eigenvalue weighted by Gasteiger charge is -2.23. The number of rotatable bonds is 6. The minimum atomic E-state index is -1.12. The van der Waals surface area contributed by atoms with Crippen molar-refractivity contribution in [1.82, 2.24) is 9.78 Å². The molecule has 0 unspecified atom stereocenters. The van der Waals surface area contributed by atoms with E-state index in [0.29, 0.717) is 27.8 Å². The van der Waals surface area contributed by atoms with Gasteiger partial charge in [-0.1, -0.05) is 28.4 Å². The molecule has 0 spiro atoms. The summed E-state index contributed by atoms with van der Waals surface area (Å²) in [5.41, 5.74) is 1.78. The van der Waals surface area contributed by atoms with E-state index in [2.05, 4.69) is 10.3 Å². The van der Waals surface area contributed by atoms with Crippen LogP contribution in [0.4, 0.5) is 11.5 Å². The lowest BCUT2D eigenvalue weighted by molar-refractivity contribution is -0.144. The van der Waals surface area contributed by atoms with Gasteiger partial charge in [0, 0.05) is 20.2 Å². The van der Waals surface area contributed by atoms with Gasteiger partial charge >= 0.3 is 5.97 Å². The van der Waals surface area contributed by atoms with Gasteiger partial charge in [0.25, 0.3) is 0 Å². The highest BCUT2D eigenvalue weighted by Crippen LogP contribution is 2.39. The van der Waals surface area contributed by atoms with Crippen LogP contribution in [-0.2, 0) is 11.8 Å². The molecule has 2 rings (SSSR count). The lowest BCUT2D eigenvalue weighted by Crippen LogP contribution is -2.23. The van der Waals surface area contributed by atoms with Gasteiger partial charge in [0.2, 0.25) is 0 Å². The summed E-state index contributed by atoms with van der Waals surface area (Å²) in [7, 11) is 3.48. The first-order valence-electron chi connectivity index (χ1n) is 7.50. The zero-order valence-corrected chi connectivity index (χ0v) is 16.1. The van der Waals surface area contributed by atoms with Gasteiger partial charge in [-0.25, -0.2) is 4.79 Å². The quantitative estimate of drug-likeness (QED) is 0.437. The third-order valence-electron chi connectivity index (χ3n) is 3.76. The second kappa shape index (κ2) is 7.84. The van der Waals surface area contributed by atoms with Crippen LogP contribution in [0.5, 0.6) is 5.75 Å². The maximum Gasteiger partial charge on any atom is 0.344 e. The normalized spacial score (nSPS) is 12.4. The number of ether oxygens (including phenoxy) is 1. The van der Waals surface area contributed by atoms with Crippen molar-refractivity contribution in [3.05, 3.63) is 33.4 Å². The standard InChI is InChI=1S/C16H18Cl2N4O4/c1-8-10(7-19-25)15(22(4)20-8)21(3)13-6-14(12(18)5-11(13)17)26-9(2)16(23)24/h5-7,9,25H,1-4H3,(H,23,24)/b19-7-/t9-/m0/s1. The second-order valence-corrected chi connectivity index (χ2v) is 6.40. The average Bonchev–Trinajstić information content (AvgIpc) is 2.83. The SMILES string of the molecule is Cc1nn(C)c(N(C)c2cc(O[C@@H](C)C(=O)O)c(Cl)cc2Cl)c1/C=N\O. The van der Waals surface area contributed by atoms with Crippen molar-refractivity contribution in [2.45, 2.75) is 20.0 Å². The molecule has 2 aromatic rings. The Morgan fingerprint density at radius 3 is 2.65 bits per heavy atom. The Hall–Kier alpha value is -2.45. The monoisotopic (exact) mass is 400 g/mol. The highest BCUT2D eigenvalue weighted by Gasteiger charge is 2.22. The van der Waals surface area contributed by atoms with Crippen LogP contribution in [0, 0.1) is 6.92 Å². The van der Waals surface area contributed by atoms with Crippen molar-refractivity contribution >= 4 is 46.9 Å². The maximum absolute atomic E-state index is 11.0. The Labute approximate surface area is 160 Å². The third kappa shape index (κ3) is 3.86. The van der Waals surface area contributed by atoms with Crippen LogP contribution in [0.15, 0.2) is 17.3 Å². The number of anilines is 2. The molecule has 1 atom stereocenters. The van der Waals surface area contributed by atoms with E-state index in [9.17, 15) is 4.79 Å². The number of aliphatic carboxylic acids is 1. The smallest absolute Gasteiger partial charge is 0.344 e. The number of hydrogen-bond acceptors (Lipinski definition) is 6. The van der Waals surface area contributed by atoms with Gasteiger partial charge in [-0.2, -0.15) is 5.10 Å². The Morgan fingerprint density at radius 2 is 2.08 bits per heavy atom. The highest BCUT2D eigenvalue weighted by atomic mass is 35.5. The Bertz CT molecular complexity index is 866. The molecule has 1 aromatic carbocycles. The van der Waals surface area contributed by atoms with Gasteiger partial charge in [0.15, 0.2) is 6.10 Å². The lowest BCUT2D eigenvalue weighted by atomic mass is 10.2. The largest absolute Gasteiger partial charge is 0.479 e. The Balaban J connectivity index is 2.53. The van der Waals surface area contributed by atoms with Gasteiger partial charge in [-0.3, -0.25) is 4.68 Å². The molecule has 0 fully saturated rings. The zero-order valence-electron chi connectivity index (χ0n) is 14.6. The van der Waals surface area contributed by atoms with Crippen molar-refractivity contribution in [3.63, 3.8) is 0 Å². The van der Waals surface area contributed by atoms with Crippen LogP contribution in [0.25, 0.3) is 0 Å². The van der Waals surface area contributed by atoms with E-state index >= 15 is 0 Å². The molecule has 0 amide bonds. The first kappa shape index (κ1) is 19.9. The van der Waals surface area contributed by atoms with E-state index in [-0.39, 0.29) is 10.8 Å². The molecule has 0 radical (unpaired) electrons. The molecule has 1 heterocycles. The van der Waals surface area contributed by atoms with Crippen LogP contribution in [0.3, 0.4) is 0 Å². The van der Waals surface area contributed by atoms with Gasteiger partial charge in [0.1, 0.15) is 11.6 Å². The van der Waals surface area contributed by atoms with Crippen LogP contribution in [0.1, 0.15) is 18.2 Å². The minimum absolute atomic E-state index is 0.184. The molecule has 2 N–H and O–H groups in total. The van der Waals surface area contributed by atoms with Gasteiger partial charge in [0.05, 0.1) is 33.2 Å². The molecule has 0 bridgehead atoms. The first-order chi connectivity index (χ1) is 12.2.